The lowest BCUT2D eigenvalue weighted by atomic mass is 9.93. The molecule has 1 amide bonds. The Bertz CT molecular complexity index is 1190. The van der Waals surface area contributed by atoms with Gasteiger partial charge < -0.3 is 9.88 Å². The van der Waals surface area contributed by atoms with E-state index in [0.717, 1.165) is 55.4 Å². The van der Waals surface area contributed by atoms with E-state index in [4.69, 9.17) is 23.2 Å². The van der Waals surface area contributed by atoms with Crippen molar-refractivity contribution < 1.29 is 4.79 Å². The van der Waals surface area contributed by atoms with Crippen LogP contribution in [0.3, 0.4) is 0 Å². The Morgan fingerprint density at radius 2 is 1.67 bits per heavy atom. The molecular weight excluding hydrogens is 461 g/mol. The Labute approximate surface area is 202 Å². The first-order chi connectivity index (χ1) is 16.0. The van der Waals surface area contributed by atoms with Crippen LogP contribution in [-0.4, -0.2) is 56.4 Å². The highest BCUT2D eigenvalue weighted by Crippen LogP contribution is 2.29. The van der Waals surface area contributed by atoms with E-state index >= 15 is 0 Å². The van der Waals surface area contributed by atoms with Crippen LogP contribution in [0.1, 0.15) is 37.3 Å². The second-order valence-electron chi connectivity index (χ2n) is 9.01. The molecule has 0 bridgehead atoms. The summed E-state index contributed by atoms with van der Waals surface area (Å²) in [5.74, 6) is 0.302. The Morgan fingerprint density at radius 1 is 1.00 bits per heavy atom. The minimum Gasteiger partial charge on any atom is -0.342 e. The molecule has 0 saturated carbocycles. The van der Waals surface area contributed by atoms with Crippen LogP contribution in [0.5, 0.6) is 0 Å². The van der Waals surface area contributed by atoms with E-state index in [1.807, 2.05) is 33.7 Å². The highest BCUT2D eigenvalue weighted by atomic mass is 35.5. The fraction of sp³-hybridized carbons (Fsp3) is 0.458. The summed E-state index contributed by atoms with van der Waals surface area (Å²) in [7, 11) is 0. The molecule has 9 heteroatoms. The third kappa shape index (κ3) is 4.54. The summed E-state index contributed by atoms with van der Waals surface area (Å²) in [6.45, 7) is 3.74. The molecule has 5 rings (SSSR count). The van der Waals surface area contributed by atoms with Crippen molar-refractivity contribution in [2.45, 2.75) is 38.3 Å². The van der Waals surface area contributed by atoms with Gasteiger partial charge in [-0.25, -0.2) is 4.79 Å². The molecule has 2 aliphatic rings. The molecule has 2 aromatic heterocycles. The number of amides is 1. The number of fused-ring (bicyclic) bond motifs is 1. The van der Waals surface area contributed by atoms with Gasteiger partial charge in [-0.2, -0.15) is 0 Å². The molecule has 2 fully saturated rings. The van der Waals surface area contributed by atoms with E-state index in [2.05, 4.69) is 14.9 Å². The second-order valence-corrected chi connectivity index (χ2v) is 9.82. The van der Waals surface area contributed by atoms with Crippen molar-refractivity contribution in [1.82, 2.24) is 24.3 Å². The fourth-order valence-corrected chi connectivity index (χ4v) is 5.67. The topological polar surface area (TPSA) is 74.2 Å². The number of likely N-dealkylation sites (tertiary alicyclic amines) is 2. The number of pyridine rings is 1. The van der Waals surface area contributed by atoms with Gasteiger partial charge in [0.1, 0.15) is 0 Å². The minimum atomic E-state index is -0.0669. The van der Waals surface area contributed by atoms with E-state index in [0.29, 0.717) is 29.7 Å². The van der Waals surface area contributed by atoms with Gasteiger partial charge in [-0.1, -0.05) is 35.3 Å². The van der Waals surface area contributed by atoms with E-state index in [1.54, 1.807) is 12.4 Å². The average molecular weight is 488 g/mol. The quantitative estimate of drug-likeness (QED) is 0.600. The summed E-state index contributed by atoms with van der Waals surface area (Å²) in [6, 6.07) is 7.90. The number of aromatic amines is 1. The highest BCUT2D eigenvalue weighted by molar-refractivity contribution is 6.35. The maximum Gasteiger partial charge on any atom is 0.326 e. The number of hydrogen-bond donors (Lipinski definition) is 1. The number of halogens is 2. The number of para-hydroxylation sites is 2. The molecule has 7 nitrogen and oxygen atoms in total. The fourth-order valence-electron chi connectivity index (χ4n) is 5.19. The molecule has 2 saturated heterocycles. The van der Waals surface area contributed by atoms with Crippen LogP contribution in [0.25, 0.3) is 11.0 Å². The first-order valence-electron chi connectivity index (χ1n) is 11.5. The van der Waals surface area contributed by atoms with E-state index in [-0.39, 0.29) is 23.6 Å². The third-order valence-electron chi connectivity index (χ3n) is 7.04. The lowest BCUT2D eigenvalue weighted by Crippen LogP contribution is -2.46. The largest absolute Gasteiger partial charge is 0.342 e. The molecule has 1 N–H and O–H groups in total. The molecule has 3 aromatic rings. The van der Waals surface area contributed by atoms with Gasteiger partial charge in [-0.3, -0.25) is 19.2 Å². The van der Waals surface area contributed by atoms with Gasteiger partial charge in [0.25, 0.3) is 0 Å². The zero-order chi connectivity index (χ0) is 22.9. The number of nitrogens with one attached hydrogen (secondary N) is 1. The van der Waals surface area contributed by atoms with Crippen LogP contribution in [-0.2, 0) is 11.3 Å². The van der Waals surface area contributed by atoms with Crippen molar-refractivity contribution in [2.24, 2.45) is 5.92 Å². The SMILES string of the molecule is O=C(C1CCN(Cc2c(Cl)cncc2Cl)CC1)N1CCC(n2c(=O)[nH]c3ccccc32)CC1. The van der Waals surface area contributed by atoms with Crippen molar-refractivity contribution in [3.8, 4) is 0 Å². The van der Waals surface area contributed by atoms with Crippen LogP contribution in [0.2, 0.25) is 10.0 Å². The van der Waals surface area contributed by atoms with Gasteiger partial charge in [0.2, 0.25) is 5.91 Å². The normalized spacial score (nSPS) is 18.8. The smallest absolute Gasteiger partial charge is 0.326 e. The Hall–Kier alpha value is -2.35. The highest BCUT2D eigenvalue weighted by Gasteiger charge is 2.32. The van der Waals surface area contributed by atoms with Crippen LogP contribution in [0.15, 0.2) is 41.5 Å². The maximum absolute atomic E-state index is 13.2. The average Bonchev–Trinajstić information content (AvgIpc) is 3.17. The standard InChI is InChI=1S/C24H27Cl2N5O2/c25-19-13-27-14-20(26)18(19)15-29-9-5-16(6-10-29)23(32)30-11-7-17(8-12-30)31-22-4-2-1-3-21(22)28-24(31)33/h1-4,13-14,16-17H,5-12,15H2,(H,28,33). The number of carbonyl (C=O) groups excluding carboxylic acids is 1. The summed E-state index contributed by atoms with van der Waals surface area (Å²) in [5, 5.41) is 1.16. The predicted molar refractivity (Wildman–Crippen MR) is 130 cm³/mol. The first-order valence-corrected chi connectivity index (χ1v) is 12.2. The van der Waals surface area contributed by atoms with E-state index in [9.17, 15) is 9.59 Å². The van der Waals surface area contributed by atoms with Crippen molar-refractivity contribution >= 4 is 40.1 Å². The molecule has 33 heavy (non-hydrogen) atoms. The maximum atomic E-state index is 13.2. The van der Waals surface area contributed by atoms with Crippen LogP contribution in [0.4, 0.5) is 0 Å². The number of benzene rings is 1. The molecule has 0 atom stereocenters. The summed E-state index contributed by atoms with van der Waals surface area (Å²) in [5.41, 5.74) is 2.63. The third-order valence-corrected chi connectivity index (χ3v) is 7.69. The first kappa shape index (κ1) is 22.4. The number of piperidine rings is 2. The van der Waals surface area contributed by atoms with E-state index in [1.165, 1.54) is 0 Å². The molecular formula is C24H27Cl2N5O2. The molecule has 174 valence electrons. The number of hydrogen-bond acceptors (Lipinski definition) is 4. The monoisotopic (exact) mass is 487 g/mol. The molecule has 2 aliphatic heterocycles. The zero-order valence-corrected chi connectivity index (χ0v) is 19.9. The van der Waals surface area contributed by atoms with Crippen LogP contribution in [0, 0.1) is 5.92 Å². The molecule has 1 aromatic carbocycles. The Balaban J connectivity index is 1.16. The summed E-state index contributed by atoms with van der Waals surface area (Å²) >= 11 is 12.5. The molecule has 0 unspecified atom stereocenters. The van der Waals surface area contributed by atoms with Crippen LogP contribution < -0.4 is 5.69 Å². The van der Waals surface area contributed by atoms with Gasteiger partial charge in [-0.05, 0) is 50.9 Å². The van der Waals surface area contributed by atoms with Gasteiger partial charge in [0.15, 0.2) is 0 Å². The lowest BCUT2D eigenvalue weighted by molar-refractivity contribution is -0.138. The van der Waals surface area contributed by atoms with Crippen molar-refractivity contribution in [2.75, 3.05) is 26.2 Å². The zero-order valence-electron chi connectivity index (χ0n) is 18.3. The van der Waals surface area contributed by atoms with Gasteiger partial charge in [0, 0.05) is 49.6 Å². The predicted octanol–water partition coefficient (Wildman–Crippen LogP) is 4.11. The number of rotatable bonds is 4. The summed E-state index contributed by atoms with van der Waals surface area (Å²) < 4.78 is 1.87. The minimum absolute atomic E-state index is 0.0528. The number of H-pyrrole nitrogens is 1. The lowest BCUT2D eigenvalue weighted by Gasteiger charge is -2.37. The molecule has 0 aliphatic carbocycles. The number of carbonyl (C=O) groups is 1. The van der Waals surface area contributed by atoms with Gasteiger partial charge in [0.05, 0.1) is 21.1 Å². The Morgan fingerprint density at radius 3 is 2.36 bits per heavy atom. The van der Waals surface area contributed by atoms with Crippen LogP contribution >= 0.6 is 23.2 Å². The molecule has 4 heterocycles. The van der Waals surface area contributed by atoms with Gasteiger partial charge >= 0.3 is 5.69 Å². The number of aromatic nitrogens is 3. The second kappa shape index (κ2) is 9.49. The van der Waals surface area contributed by atoms with Crippen molar-refractivity contribution in [3.63, 3.8) is 0 Å². The number of imidazole rings is 1. The number of nitrogens with zero attached hydrogens (tertiary/aromatic N) is 4. The van der Waals surface area contributed by atoms with E-state index < -0.39 is 0 Å². The summed E-state index contributed by atoms with van der Waals surface area (Å²) in [6.07, 6.45) is 6.50. The van der Waals surface area contributed by atoms with Crippen molar-refractivity contribution in [1.29, 1.82) is 0 Å². The Kier molecular flexibility index (Phi) is 6.45. The molecule has 0 spiro atoms. The summed E-state index contributed by atoms with van der Waals surface area (Å²) in [4.78, 5) is 36.9. The van der Waals surface area contributed by atoms with Gasteiger partial charge in [-0.15, -0.1) is 0 Å². The molecule has 0 radical (unpaired) electrons. The van der Waals surface area contributed by atoms with Crippen molar-refractivity contribution in [3.05, 3.63) is 62.8 Å².